The van der Waals surface area contributed by atoms with E-state index < -0.39 is 12.0 Å². The number of amides is 1. The lowest BCUT2D eigenvalue weighted by molar-refractivity contribution is -0.117. The first-order valence-corrected chi connectivity index (χ1v) is 7.21. The lowest BCUT2D eigenvalue weighted by atomic mass is 10.2. The summed E-state index contributed by atoms with van der Waals surface area (Å²) in [6.45, 7) is 5.88. The first-order valence-electron chi connectivity index (χ1n) is 6.39. The number of ether oxygens (including phenoxy) is 1. The van der Waals surface area contributed by atoms with Crippen molar-refractivity contribution < 1.29 is 14.3 Å². The lowest BCUT2D eigenvalue weighted by Gasteiger charge is -2.09. The minimum atomic E-state index is -0.567. The van der Waals surface area contributed by atoms with E-state index in [0.717, 1.165) is 11.3 Å². The van der Waals surface area contributed by atoms with Crippen LogP contribution in [0.2, 0.25) is 0 Å². The number of carbonyl (C=O) groups excluding carboxylic acids is 2. The number of anilines is 1. The third-order valence-electron chi connectivity index (χ3n) is 2.64. The lowest BCUT2D eigenvalue weighted by Crippen LogP contribution is -2.34. The number of nitrogens with two attached hydrogens (primary N) is 1. The van der Waals surface area contributed by atoms with Crippen molar-refractivity contribution in [2.45, 2.75) is 39.7 Å². The van der Waals surface area contributed by atoms with Crippen LogP contribution in [0.25, 0.3) is 0 Å². The van der Waals surface area contributed by atoms with Crippen molar-refractivity contribution in [1.29, 1.82) is 0 Å². The number of hydrogen-bond acceptors (Lipinski definition) is 5. The van der Waals surface area contributed by atoms with Gasteiger partial charge in [-0.15, -0.1) is 11.3 Å². The minimum absolute atomic E-state index is 0.280. The first kappa shape index (κ1) is 15.7. The number of aryl methyl sites for hydroxylation is 1. The largest absolute Gasteiger partial charge is 0.462 e. The molecule has 6 heteroatoms. The molecule has 0 saturated carbocycles. The van der Waals surface area contributed by atoms with E-state index in [-0.39, 0.29) is 5.91 Å². The summed E-state index contributed by atoms with van der Waals surface area (Å²) in [6, 6.07) is 1.19. The van der Waals surface area contributed by atoms with Crippen molar-refractivity contribution in [2.75, 3.05) is 11.9 Å². The van der Waals surface area contributed by atoms with Crippen LogP contribution in [0.3, 0.4) is 0 Å². The van der Waals surface area contributed by atoms with E-state index in [1.165, 1.54) is 11.3 Å². The van der Waals surface area contributed by atoms with Crippen molar-refractivity contribution in [3.8, 4) is 0 Å². The zero-order chi connectivity index (χ0) is 14.4. The molecule has 106 valence electrons. The van der Waals surface area contributed by atoms with Crippen LogP contribution >= 0.6 is 11.3 Å². The minimum Gasteiger partial charge on any atom is -0.462 e. The Labute approximate surface area is 117 Å². The summed E-state index contributed by atoms with van der Waals surface area (Å²) < 4.78 is 4.98. The fraction of sp³-hybridized carbons (Fsp3) is 0.538. The molecule has 1 aromatic heterocycles. The predicted molar refractivity (Wildman–Crippen MR) is 76.5 cm³/mol. The van der Waals surface area contributed by atoms with Crippen LogP contribution in [-0.2, 0) is 16.0 Å². The maximum absolute atomic E-state index is 11.8. The molecule has 1 amide bonds. The average molecular weight is 284 g/mol. The topological polar surface area (TPSA) is 81.4 Å². The standard InChI is InChI=1S/C13H20N2O3S/c1-4-8-7-9(13(17)18-6-3)12(19-8)15-11(16)10(14)5-2/h7,10H,4-6,14H2,1-3H3,(H,15,16)/t10-/m1/s1. The maximum atomic E-state index is 11.8. The Bertz CT molecular complexity index is 457. The third kappa shape index (κ3) is 4.04. The smallest absolute Gasteiger partial charge is 0.341 e. The monoisotopic (exact) mass is 284 g/mol. The second kappa shape index (κ2) is 7.25. The van der Waals surface area contributed by atoms with Crippen LogP contribution in [0.15, 0.2) is 6.07 Å². The predicted octanol–water partition coefficient (Wildman–Crippen LogP) is 2.16. The normalized spacial score (nSPS) is 12.0. The molecule has 5 nitrogen and oxygen atoms in total. The van der Waals surface area contributed by atoms with Crippen molar-refractivity contribution >= 4 is 28.2 Å². The van der Waals surface area contributed by atoms with Gasteiger partial charge in [0.2, 0.25) is 5.91 Å². The molecule has 0 saturated heterocycles. The van der Waals surface area contributed by atoms with E-state index in [2.05, 4.69) is 5.32 Å². The second-order valence-electron chi connectivity index (χ2n) is 4.03. The fourth-order valence-electron chi connectivity index (χ4n) is 1.46. The van der Waals surface area contributed by atoms with Gasteiger partial charge in [0.1, 0.15) is 5.00 Å². The maximum Gasteiger partial charge on any atom is 0.341 e. The quantitative estimate of drug-likeness (QED) is 0.784. The number of rotatable bonds is 6. The molecule has 1 rings (SSSR count). The number of hydrogen-bond donors (Lipinski definition) is 2. The number of thiophene rings is 1. The van der Waals surface area contributed by atoms with Gasteiger partial charge in [-0.05, 0) is 25.8 Å². The van der Waals surface area contributed by atoms with Gasteiger partial charge in [-0.25, -0.2) is 4.79 Å². The molecule has 0 radical (unpaired) electrons. The molecule has 0 aliphatic carbocycles. The van der Waals surface area contributed by atoms with Gasteiger partial charge in [0.25, 0.3) is 0 Å². The second-order valence-corrected chi connectivity index (χ2v) is 5.17. The molecular formula is C13H20N2O3S. The highest BCUT2D eigenvalue weighted by atomic mass is 32.1. The summed E-state index contributed by atoms with van der Waals surface area (Å²) in [5, 5.41) is 3.23. The van der Waals surface area contributed by atoms with Crippen LogP contribution in [0, 0.1) is 0 Å². The molecule has 3 N–H and O–H groups in total. The summed E-state index contributed by atoms with van der Waals surface area (Å²) >= 11 is 1.38. The van der Waals surface area contributed by atoms with E-state index in [1.807, 2.05) is 13.8 Å². The molecule has 1 atom stereocenters. The number of nitrogens with one attached hydrogen (secondary N) is 1. The van der Waals surface area contributed by atoms with Crippen LogP contribution in [0.5, 0.6) is 0 Å². The highest BCUT2D eigenvalue weighted by Crippen LogP contribution is 2.29. The Morgan fingerprint density at radius 1 is 1.42 bits per heavy atom. The van der Waals surface area contributed by atoms with E-state index >= 15 is 0 Å². The van der Waals surface area contributed by atoms with E-state index in [1.54, 1.807) is 13.0 Å². The summed E-state index contributed by atoms with van der Waals surface area (Å²) in [7, 11) is 0. The Hall–Kier alpha value is -1.40. The third-order valence-corrected chi connectivity index (χ3v) is 3.84. The SMILES string of the molecule is CCOC(=O)c1cc(CC)sc1NC(=O)[C@H](N)CC. The Balaban J connectivity index is 2.95. The van der Waals surface area contributed by atoms with Gasteiger partial charge >= 0.3 is 5.97 Å². The van der Waals surface area contributed by atoms with E-state index in [9.17, 15) is 9.59 Å². The van der Waals surface area contributed by atoms with Crippen molar-refractivity contribution in [3.05, 3.63) is 16.5 Å². The van der Waals surface area contributed by atoms with Gasteiger partial charge in [-0.3, -0.25) is 4.79 Å². The average Bonchev–Trinajstić information content (AvgIpc) is 2.81. The first-order chi connectivity index (χ1) is 9.03. The van der Waals surface area contributed by atoms with Gasteiger partial charge in [-0.1, -0.05) is 13.8 Å². The molecule has 0 unspecified atom stereocenters. The fourth-order valence-corrected chi connectivity index (χ4v) is 2.45. The summed E-state index contributed by atoms with van der Waals surface area (Å²) in [4.78, 5) is 24.6. The Kier molecular flexibility index (Phi) is 5.98. The summed E-state index contributed by atoms with van der Waals surface area (Å²) in [6.07, 6.45) is 1.35. The number of esters is 1. The van der Waals surface area contributed by atoms with Gasteiger partial charge in [0.05, 0.1) is 18.2 Å². The highest BCUT2D eigenvalue weighted by Gasteiger charge is 2.20. The van der Waals surface area contributed by atoms with Crippen LogP contribution < -0.4 is 11.1 Å². The van der Waals surface area contributed by atoms with Crippen LogP contribution in [0.4, 0.5) is 5.00 Å². The molecular weight excluding hydrogens is 264 g/mol. The molecule has 0 fully saturated rings. The van der Waals surface area contributed by atoms with Gasteiger partial charge in [-0.2, -0.15) is 0 Å². The Morgan fingerprint density at radius 2 is 2.11 bits per heavy atom. The van der Waals surface area contributed by atoms with E-state index in [4.69, 9.17) is 10.5 Å². The van der Waals surface area contributed by atoms with Gasteiger partial charge in [0, 0.05) is 4.88 Å². The van der Waals surface area contributed by atoms with Crippen LogP contribution in [0.1, 0.15) is 42.4 Å². The molecule has 1 heterocycles. The molecule has 0 aliphatic heterocycles. The molecule has 0 bridgehead atoms. The van der Waals surface area contributed by atoms with Crippen LogP contribution in [-0.4, -0.2) is 24.5 Å². The molecule has 0 aromatic carbocycles. The van der Waals surface area contributed by atoms with Gasteiger partial charge < -0.3 is 15.8 Å². The van der Waals surface area contributed by atoms with E-state index in [0.29, 0.717) is 23.6 Å². The zero-order valence-electron chi connectivity index (χ0n) is 11.5. The molecule has 1 aromatic rings. The van der Waals surface area contributed by atoms with Crippen molar-refractivity contribution in [3.63, 3.8) is 0 Å². The summed E-state index contributed by atoms with van der Waals surface area (Å²) in [5.74, 6) is -0.698. The highest BCUT2D eigenvalue weighted by molar-refractivity contribution is 7.16. The molecule has 19 heavy (non-hydrogen) atoms. The zero-order valence-corrected chi connectivity index (χ0v) is 12.3. The molecule has 0 aliphatic rings. The van der Waals surface area contributed by atoms with Crippen molar-refractivity contribution in [2.24, 2.45) is 5.73 Å². The summed E-state index contributed by atoms with van der Waals surface area (Å²) in [5.41, 5.74) is 6.07. The Morgan fingerprint density at radius 3 is 2.63 bits per heavy atom. The van der Waals surface area contributed by atoms with Crippen molar-refractivity contribution in [1.82, 2.24) is 0 Å². The number of carbonyl (C=O) groups is 2. The molecule has 0 spiro atoms. The van der Waals surface area contributed by atoms with Gasteiger partial charge in [0.15, 0.2) is 0 Å².